The summed E-state index contributed by atoms with van der Waals surface area (Å²) in [6.45, 7) is 0. The van der Waals surface area contributed by atoms with Crippen LogP contribution in [0.25, 0.3) is 0 Å². The lowest BCUT2D eigenvalue weighted by Crippen LogP contribution is -2.22. The molecule has 0 atom stereocenters. The summed E-state index contributed by atoms with van der Waals surface area (Å²) in [6.07, 6.45) is 3.34. The fraction of sp³-hybridized carbons (Fsp3) is 0.364. The van der Waals surface area contributed by atoms with Gasteiger partial charge >= 0.3 is 0 Å². The summed E-state index contributed by atoms with van der Waals surface area (Å²) in [4.78, 5) is 12.0. The lowest BCUT2D eigenvalue weighted by atomic mass is 9.80. The Morgan fingerprint density at radius 2 is 2.14 bits per heavy atom. The minimum absolute atomic E-state index is 0.282. The minimum atomic E-state index is 0.282. The summed E-state index contributed by atoms with van der Waals surface area (Å²) in [6, 6.07) is 5.92. The highest BCUT2D eigenvalue weighted by Gasteiger charge is 2.27. The number of hydrogen-bond acceptors (Lipinski definition) is 1. The highest BCUT2D eigenvalue weighted by atomic mass is 127. The predicted molar refractivity (Wildman–Crippen MR) is 68.5 cm³/mol. The van der Waals surface area contributed by atoms with E-state index in [0.717, 1.165) is 26.4 Å². The van der Waals surface area contributed by atoms with Crippen LogP contribution in [0.15, 0.2) is 22.7 Å². The van der Waals surface area contributed by atoms with Crippen molar-refractivity contribution in [2.75, 3.05) is 0 Å². The Kier molecular flexibility index (Phi) is 3.27. The Morgan fingerprint density at radius 1 is 1.43 bits per heavy atom. The van der Waals surface area contributed by atoms with E-state index in [1.165, 1.54) is 6.42 Å². The Labute approximate surface area is 106 Å². The Hall–Kier alpha value is 0.1000. The molecule has 1 saturated carbocycles. The number of carbonyl (C=O) groups excluding carboxylic acids is 1. The van der Waals surface area contributed by atoms with E-state index in [-0.39, 0.29) is 5.92 Å². The van der Waals surface area contributed by atoms with Gasteiger partial charge in [-0.05, 0) is 53.6 Å². The van der Waals surface area contributed by atoms with Crippen molar-refractivity contribution in [3.63, 3.8) is 0 Å². The molecule has 0 bridgehead atoms. The molecular formula is C11H10BrIO. The first kappa shape index (κ1) is 10.6. The van der Waals surface area contributed by atoms with Crippen LogP contribution in [0.3, 0.4) is 0 Å². The van der Waals surface area contributed by atoms with Crippen LogP contribution in [0.2, 0.25) is 0 Å². The lowest BCUT2D eigenvalue weighted by molar-refractivity contribution is 0.0854. The molecule has 0 N–H and O–H groups in total. The van der Waals surface area contributed by atoms with Crippen molar-refractivity contribution in [1.82, 2.24) is 0 Å². The standard InChI is InChI=1S/C11H10BrIO/c12-10-5-4-8(13)6-9(10)11(14)7-2-1-3-7/h4-7H,1-3H2. The van der Waals surface area contributed by atoms with E-state index in [0.29, 0.717) is 5.78 Å². The van der Waals surface area contributed by atoms with Crippen LogP contribution in [0, 0.1) is 9.49 Å². The number of carbonyl (C=O) groups is 1. The van der Waals surface area contributed by atoms with Crippen LogP contribution >= 0.6 is 38.5 Å². The molecule has 0 saturated heterocycles. The molecule has 1 fully saturated rings. The van der Waals surface area contributed by atoms with Gasteiger partial charge in [0, 0.05) is 19.5 Å². The molecule has 1 nitrogen and oxygen atoms in total. The quantitative estimate of drug-likeness (QED) is 0.571. The molecular weight excluding hydrogens is 355 g/mol. The van der Waals surface area contributed by atoms with E-state index in [9.17, 15) is 4.79 Å². The predicted octanol–water partition coefficient (Wildman–Crippen LogP) is 4.04. The second-order valence-electron chi connectivity index (χ2n) is 3.62. The fourth-order valence-corrected chi connectivity index (χ4v) is 2.51. The van der Waals surface area contributed by atoms with Crippen molar-refractivity contribution in [1.29, 1.82) is 0 Å². The molecule has 0 amide bonds. The number of hydrogen-bond donors (Lipinski definition) is 0. The molecule has 14 heavy (non-hydrogen) atoms. The molecule has 0 aliphatic heterocycles. The average molecular weight is 365 g/mol. The number of rotatable bonds is 2. The maximum absolute atomic E-state index is 12.0. The summed E-state index contributed by atoms with van der Waals surface area (Å²) in [5, 5.41) is 0. The molecule has 1 aliphatic carbocycles. The highest BCUT2D eigenvalue weighted by Crippen LogP contribution is 2.32. The van der Waals surface area contributed by atoms with Crippen LogP contribution in [0.5, 0.6) is 0 Å². The molecule has 0 aromatic heterocycles. The molecule has 74 valence electrons. The number of ketones is 1. The lowest BCUT2D eigenvalue weighted by Gasteiger charge is -2.24. The van der Waals surface area contributed by atoms with Crippen LogP contribution in [-0.4, -0.2) is 5.78 Å². The molecule has 0 heterocycles. The van der Waals surface area contributed by atoms with E-state index >= 15 is 0 Å². The molecule has 0 radical (unpaired) electrons. The van der Waals surface area contributed by atoms with Crippen molar-refractivity contribution in [2.24, 2.45) is 5.92 Å². The second kappa shape index (κ2) is 4.31. The van der Waals surface area contributed by atoms with Crippen LogP contribution in [0.1, 0.15) is 29.6 Å². The zero-order valence-corrected chi connectivity index (χ0v) is 11.3. The molecule has 2 rings (SSSR count). The largest absolute Gasteiger partial charge is 0.294 e. The summed E-state index contributed by atoms with van der Waals surface area (Å²) in [5.74, 6) is 0.589. The first-order valence-electron chi connectivity index (χ1n) is 4.68. The second-order valence-corrected chi connectivity index (χ2v) is 5.72. The van der Waals surface area contributed by atoms with E-state index in [1.807, 2.05) is 18.2 Å². The Bertz CT molecular complexity index is 372. The number of Topliss-reactive ketones (excluding diaryl/α,β-unsaturated/α-hetero) is 1. The third-order valence-electron chi connectivity index (χ3n) is 2.67. The van der Waals surface area contributed by atoms with Crippen LogP contribution < -0.4 is 0 Å². The van der Waals surface area contributed by atoms with E-state index in [2.05, 4.69) is 38.5 Å². The number of benzene rings is 1. The van der Waals surface area contributed by atoms with Crippen molar-refractivity contribution in [3.05, 3.63) is 31.8 Å². The van der Waals surface area contributed by atoms with Gasteiger partial charge in [0.05, 0.1) is 0 Å². The van der Waals surface area contributed by atoms with Gasteiger partial charge in [0.25, 0.3) is 0 Å². The van der Waals surface area contributed by atoms with Gasteiger partial charge in [-0.2, -0.15) is 0 Å². The maximum atomic E-state index is 12.0. The molecule has 1 aromatic carbocycles. The first-order chi connectivity index (χ1) is 6.68. The molecule has 1 aliphatic rings. The highest BCUT2D eigenvalue weighted by molar-refractivity contribution is 14.1. The Morgan fingerprint density at radius 3 is 2.71 bits per heavy atom. The van der Waals surface area contributed by atoms with Gasteiger partial charge in [0.2, 0.25) is 0 Å². The molecule has 0 unspecified atom stereocenters. The van der Waals surface area contributed by atoms with Gasteiger partial charge in [-0.15, -0.1) is 0 Å². The van der Waals surface area contributed by atoms with E-state index in [4.69, 9.17) is 0 Å². The van der Waals surface area contributed by atoms with Crippen molar-refractivity contribution >= 4 is 44.3 Å². The van der Waals surface area contributed by atoms with Gasteiger partial charge < -0.3 is 0 Å². The minimum Gasteiger partial charge on any atom is -0.294 e. The molecule has 1 aromatic rings. The monoisotopic (exact) mass is 364 g/mol. The first-order valence-corrected chi connectivity index (χ1v) is 6.55. The van der Waals surface area contributed by atoms with Gasteiger partial charge in [0.1, 0.15) is 0 Å². The third kappa shape index (κ3) is 2.03. The smallest absolute Gasteiger partial charge is 0.167 e. The Balaban J connectivity index is 2.29. The zero-order chi connectivity index (χ0) is 10.1. The molecule has 0 spiro atoms. The number of halogens is 2. The van der Waals surface area contributed by atoms with Crippen molar-refractivity contribution in [2.45, 2.75) is 19.3 Å². The molecule has 3 heteroatoms. The summed E-state index contributed by atoms with van der Waals surface area (Å²) >= 11 is 5.66. The summed E-state index contributed by atoms with van der Waals surface area (Å²) in [7, 11) is 0. The van der Waals surface area contributed by atoms with Gasteiger partial charge in [-0.25, -0.2) is 0 Å². The average Bonchev–Trinajstić information content (AvgIpc) is 2.06. The normalized spacial score (nSPS) is 16.4. The van der Waals surface area contributed by atoms with E-state index < -0.39 is 0 Å². The topological polar surface area (TPSA) is 17.1 Å². The SMILES string of the molecule is O=C(c1cc(I)ccc1Br)C1CCC1. The summed E-state index contributed by atoms with van der Waals surface area (Å²) in [5.41, 5.74) is 0.849. The van der Waals surface area contributed by atoms with E-state index in [1.54, 1.807) is 0 Å². The van der Waals surface area contributed by atoms with Gasteiger partial charge in [-0.1, -0.05) is 22.4 Å². The van der Waals surface area contributed by atoms with Gasteiger partial charge in [-0.3, -0.25) is 4.79 Å². The fourth-order valence-electron chi connectivity index (χ4n) is 1.58. The van der Waals surface area contributed by atoms with Crippen molar-refractivity contribution < 1.29 is 4.79 Å². The summed E-state index contributed by atoms with van der Waals surface area (Å²) < 4.78 is 2.04. The maximum Gasteiger partial charge on any atom is 0.167 e. The zero-order valence-electron chi connectivity index (χ0n) is 7.59. The van der Waals surface area contributed by atoms with Gasteiger partial charge in [0.15, 0.2) is 5.78 Å². The third-order valence-corrected chi connectivity index (χ3v) is 4.03. The van der Waals surface area contributed by atoms with Crippen molar-refractivity contribution in [3.8, 4) is 0 Å². The van der Waals surface area contributed by atoms with Crippen LogP contribution in [-0.2, 0) is 0 Å². The van der Waals surface area contributed by atoms with Crippen LogP contribution in [0.4, 0.5) is 0 Å².